The molecule has 1 saturated heterocycles. The number of fused-ring (bicyclic) bond motifs is 1. The van der Waals surface area contributed by atoms with Crippen LogP contribution < -0.4 is 14.5 Å². The van der Waals surface area contributed by atoms with Crippen LogP contribution >= 0.6 is 11.3 Å². The highest BCUT2D eigenvalue weighted by Gasteiger charge is 2.48. The first-order valence-corrected chi connectivity index (χ1v) is 12.6. The Morgan fingerprint density at radius 3 is 2.43 bits per heavy atom. The number of aliphatic hydroxyl groups is 1. The second kappa shape index (κ2) is 9.37. The Labute approximate surface area is 219 Å². The van der Waals surface area contributed by atoms with Crippen molar-refractivity contribution < 1.29 is 19.4 Å². The molecule has 1 aromatic heterocycles. The Hall–Kier alpha value is -4.17. The van der Waals surface area contributed by atoms with Gasteiger partial charge in [-0.3, -0.25) is 14.5 Å². The summed E-state index contributed by atoms with van der Waals surface area (Å²) in [4.78, 5) is 35.1. The van der Waals surface area contributed by atoms with Gasteiger partial charge in [-0.15, -0.1) is 0 Å². The Balaban J connectivity index is 1.73. The number of anilines is 2. The molecule has 0 aliphatic carbocycles. The monoisotopic (exact) mass is 513 g/mol. The van der Waals surface area contributed by atoms with Gasteiger partial charge in [0.1, 0.15) is 11.5 Å². The predicted molar refractivity (Wildman–Crippen MR) is 148 cm³/mol. The smallest absolute Gasteiger partial charge is 0.301 e. The molecule has 0 bridgehead atoms. The van der Waals surface area contributed by atoms with Crippen molar-refractivity contribution in [1.29, 1.82) is 0 Å². The maximum atomic E-state index is 13.5. The van der Waals surface area contributed by atoms with Crippen LogP contribution in [-0.4, -0.2) is 43.0 Å². The molecule has 1 atom stereocenters. The Bertz CT molecular complexity index is 1570. The number of aromatic nitrogens is 1. The highest BCUT2D eigenvalue weighted by Crippen LogP contribution is 2.45. The molecule has 1 unspecified atom stereocenters. The van der Waals surface area contributed by atoms with E-state index in [1.165, 1.54) is 16.2 Å². The molecule has 0 radical (unpaired) electrons. The van der Waals surface area contributed by atoms with Crippen LogP contribution in [0.1, 0.15) is 28.3 Å². The molecule has 1 N–H and O–H groups in total. The molecule has 4 aromatic rings. The second-order valence-corrected chi connectivity index (χ2v) is 10.3. The van der Waals surface area contributed by atoms with Crippen LogP contribution in [0.3, 0.4) is 0 Å². The van der Waals surface area contributed by atoms with E-state index < -0.39 is 17.7 Å². The summed E-state index contributed by atoms with van der Waals surface area (Å²) < 4.78 is 6.16. The van der Waals surface area contributed by atoms with Crippen LogP contribution in [-0.2, 0) is 9.59 Å². The number of rotatable bonds is 5. The first-order chi connectivity index (χ1) is 17.7. The third kappa shape index (κ3) is 4.23. The molecule has 188 valence electrons. The summed E-state index contributed by atoms with van der Waals surface area (Å²) >= 11 is 1.30. The summed E-state index contributed by atoms with van der Waals surface area (Å²) in [7, 11) is 5.47. The predicted octanol–water partition coefficient (Wildman–Crippen LogP) is 5.61. The van der Waals surface area contributed by atoms with E-state index in [-0.39, 0.29) is 11.3 Å². The van der Waals surface area contributed by atoms with Gasteiger partial charge in [-0.1, -0.05) is 41.2 Å². The van der Waals surface area contributed by atoms with E-state index in [1.54, 1.807) is 13.2 Å². The molecule has 0 saturated carbocycles. The van der Waals surface area contributed by atoms with Crippen LogP contribution in [0.2, 0.25) is 0 Å². The molecule has 1 aliphatic heterocycles. The van der Waals surface area contributed by atoms with E-state index in [1.807, 2.05) is 87.4 Å². The van der Waals surface area contributed by atoms with Crippen molar-refractivity contribution in [1.82, 2.24) is 4.98 Å². The summed E-state index contributed by atoms with van der Waals surface area (Å²) in [6.07, 6.45) is 0. The van der Waals surface area contributed by atoms with Gasteiger partial charge in [0.25, 0.3) is 5.78 Å². The number of benzene rings is 3. The molecule has 3 aromatic carbocycles. The maximum Gasteiger partial charge on any atom is 0.301 e. The third-order valence-corrected chi connectivity index (χ3v) is 7.63. The van der Waals surface area contributed by atoms with E-state index in [4.69, 9.17) is 4.74 Å². The second-order valence-electron chi connectivity index (χ2n) is 9.30. The van der Waals surface area contributed by atoms with Crippen LogP contribution in [0.15, 0.2) is 66.2 Å². The van der Waals surface area contributed by atoms with Gasteiger partial charge < -0.3 is 14.7 Å². The average molecular weight is 514 g/mol. The molecule has 2 heterocycles. The zero-order valence-corrected chi connectivity index (χ0v) is 22.1. The van der Waals surface area contributed by atoms with Crippen molar-refractivity contribution >= 4 is 49.8 Å². The van der Waals surface area contributed by atoms with Crippen molar-refractivity contribution in [3.05, 3.63) is 88.5 Å². The molecule has 37 heavy (non-hydrogen) atoms. The minimum atomic E-state index is -0.835. The number of hydrogen-bond donors (Lipinski definition) is 1. The first-order valence-electron chi connectivity index (χ1n) is 11.8. The average Bonchev–Trinajstić information content (AvgIpc) is 3.42. The summed E-state index contributed by atoms with van der Waals surface area (Å²) in [5.41, 5.74) is 4.70. The summed E-state index contributed by atoms with van der Waals surface area (Å²) in [5.74, 6) is -0.974. The lowest BCUT2D eigenvalue weighted by Gasteiger charge is -2.24. The Morgan fingerprint density at radius 2 is 1.76 bits per heavy atom. The van der Waals surface area contributed by atoms with E-state index in [9.17, 15) is 14.7 Å². The molecule has 5 rings (SSSR count). The molecule has 8 heteroatoms. The van der Waals surface area contributed by atoms with Gasteiger partial charge in [-0.2, -0.15) is 0 Å². The number of carbonyl (C=O) groups excluding carboxylic acids is 2. The lowest BCUT2D eigenvalue weighted by Crippen LogP contribution is -2.29. The normalized spacial score (nSPS) is 17.0. The molecule has 1 amide bonds. The fourth-order valence-electron chi connectivity index (χ4n) is 4.56. The maximum absolute atomic E-state index is 13.5. The first kappa shape index (κ1) is 24.5. The standard InChI is InChI=1S/C29H27N3O4S/c1-16-6-7-17(2)21(14-16)26(33)24-25(18-8-10-19(11-9-18)31(3)4)32(28(35)27(24)34)29-30-22-13-12-20(36-5)15-23(22)37-29/h6-15,25,33H,1-5H3/b26-24+. The van der Waals surface area contributed by atoms with Gasteiger partial charge >= 0.3 is 5.91 Å². The number of Topliss-reactive ketones (excluding diaryl/α,β-unsaturated/α-hetero) is 1. The molecule has 1 aliphatic rings. The van der Waals surface area contributed by atoms with Crippen molar-refractivity contribution in [2.45, 2.75) is 19.9 Å². The largest absolute Gasteiger partial charge is 0.507 e. The number of aliphatic hydroxyl groups excluding tert-OH is 1. The fraction of sp³-hybridized carbons (Fsp3) is 0.207. The van der Waals surface area contributed by atoms with Crippen LogP contribution in [0, 0.1) is 13.8 Å². The zero-order chi connectivity index (χ0) is 26.4. The van der Waals surface area contributed by atoms with Gasteiger partial charge in [-0.05, 0) is 61.4 Å². The van der Waals surface area contributed by atoms with E-state index in [2.05, 4.69) is 4.98 Å². The lowest BCUT2D eigenvalue weighted by molar-refractivity contribution is -0.132. The van der Waals surface area contributed by atoms with Gasteiger partial charge in [0.05, 0.1) is 28.9 Å². The molecule has 7 nitrogen and oxygen atoms in total. The number of thiazole rings is 1. The number of ketones is 1. The van der Waals surface area contributed by atoms with Crippen LogP contribution in [0.5, 0.6) is 5.75 Å². The molecule has 0 spiro atoms. The van der Waals surface area contributed by atoms with Crippen molar-refractivity contribution in [3.63, 3.8) is 0 Å². The van der Waals surface area contributed by atoms with Crippen molar-refractivity contribution in [3.8, 4) is 5.75 Å². The minimum Gasteiger partial charge on any atom is -0.507 e. The number of ether oxygens (including phenoxy) is 1. The summed E-state index contributed by atoms with van der Waals surface area (Å²) in [6, 6.07) is 17.9. The topological polar surface area (TPSA) is 83.0 Å². The third-order valence-electron chi connectivity index (χ3n) is 6.61. The molecular weight excluding hydrogens is 486 g/mol. The summed E-state index contributed by atoms with van der Waals surface area (Å²) in [6.45, 7) is 3.79. The Morgan fingerprint density at radius 1 is 1.03 bits per heavy atom. The van der Waals surface area contributed by atoms with E-state index >= 15 is 0 Å². The highest BCUT2D eigenvalue weighted by molar-refractivity contribution is 7.22. The van der Waals surface area contributed by atoms with Gasteiger partial charge in [0, 0.05) is 25.3 Å². The van der Waals surface area contributed by atoms with Crippen molar-refractivity contribution in [2.24, 2.45) is 0 Å². The number of carbonyl (C=O) groups is 2. The SMILES string of the molecule is COc1ccc2nc(N3C(=O)C(=O)/C(=C(/O)c4cc(C)ccc4C)C3c3ccc(N(C)C)cc3)sc2c1. The number of aryl methyl sites for hydroxylation is 2. The highest BCUT2D eigenvalue weighted by atomic mass is 32.1. The van der Waals surface area contributed by atoms with E-state index in [0.29, 0.717) is 27.5 Å². The number of nitrogens with zero attached hydrogens (tertiary/aromatic N) is 3. The quantitative estimate of drug-likeness (QED) is 0.212. The van der Waals surface area contributed by atoms with Crippen molar-refractivity contribution in [2.75, 3.05) is 31.0 Å². The summed E-state index contributed by atoms with van der Waals surface area (Å²) in [5, 5.41) is 11.9. The fourth-order valence-corrected chi connectivity index (χ4v) is 5.58. The van der Waals surface area contributed by atoms with Gasteiger partial charge in [-0.25, -0.2) is 4.98 Å². The van der Waals surface area contributed by atoms with Crippen LogP contribution in [0.4, 0.5) is 10.8 Å². The van der Waals surface area contributed by atoms with Gasteiger partial charge in [0.2, 0.25) is 0 Å². The van der Waals surface area contributed by atoms with Gasteiger partial charge in [0.15, 0.2) is 5.13 Å². The minimum absolute atomic E-state index is 0.0492. The number of methoxy groups -OCH3 is 1. The molecular formula is C29H27N3O4S. The zero-order valence-electron chi connectivity index (χ0n) is 21.3. The number of amides is 1. The number of hydrogen-bond acceptors (Lipinski definition) is 7. The lowest BCUT2D eigenvalue weighted by atomic mass is 9.93. The van der Waals surface area contributed by atoms with Crippen LogP contribution in [0.25, 0.3) is 16.0 Å². The molecule has 1 fully saturated rings. The van der Waals surface area contributed by atoms with E-state index in [0.717, 1.165) is 21.5 Å². The Kier molecular flexibility index (Phi) is 6.21.